The molecule has 6 nitrogen and oxygen atoms in total. The third kappa shape index (κ3) is 6.09. The van der Waals surface area contributed by atoms with Crippen molar-refractivity contribution in [1.29, 1.82) is 0 Å². The number of carbonyl (C=O) groups excluding carboxylic acids is 1. The molecular weight excluding hydrogens is 497 g/mol. The van der Waals surface area contributed by atoms with Crippen LogP contribution in [0.5, 0.6) is 5.75 Å². The van der Waals surface area contributed by atoms with Crippen molar-refractivity contribution in [3.05, 3.63) is 64.0 Å². The van der Waals surface area contributed by atoms with E-state index in [2.05, 4.69) is 24.1 Å². The maximum Gasteiger partial charge on any atom is 0.341 e. The zero-order valence-electron chi connectivity index (χ0n) is 20.8. The van der Waals surface area contributed by atoms with Crippen molar-refractivity contribution in [2.75, 3.05) is 12.4 Å². The molecule has 3 aromatic heterocycles. The largest absolute Gasteiger partial charge is 0.465 e. The number of anilines is 2. The van der Waals surface area contributed by atoms with Gasteiger partial charge in [0, 0.05) is 38.9 Å². The fourth-order valence-corrected chi connectivity index (χ4v) is 5.72. The van der Waals surface area contributed by atoms with E-state index in [4.69, 9.17) is 14.5 Å². The van der Waals surface area contributed by atoms with Gasteiger partial charge in [0.25, 0.3) is 0 Å². The van der Waals surface area contributed by atoms with E-state index in [1.54, 1.807) is 35.7 Å². The number of nitrogens with one attached hydrogen (secondary N) is 1. The molecule has 4 aromatic rings. The van der Waals surface area contributed by atoms with E-state index in [-0.39, 0.29) is 0 Å². The number of thiophene rings is 1. The van der Waals surface area contributed by atoms with Crippen molar-refractivity contribution in [2.45, 2.75) is 40.5 Å². The van der Waals surface area contributed by atoms with Crippen molar-refractivity contribution in [3.8, 4) is 27.4 Å². The molecule has 0 aliphatic carbocycles. The molecule has 0 radical (unpaired) electrons. The Morgan fingerprint density at radius 1 is 1.08 bits per heavy atom. The Kier molecular flexibility index (Phi) is 8.01. The number of halogens is 1. The average molecular weight is 526 g/mol. The summed E-state index contributed by atoms with van der Waals surface area (Å²) in [5.74, 6) is 0.790. The number of pyridine rings is 1. The van der Waals surface area contributed by atoms with Gasteiger partial charge >= 0.3 is 5.97 Å². The average Bonchev–Trinajstić information content (AvgIpc) is 3.44. The zero-order chi connectivity index (χ0) is 25.8. The van der Waals surface area contributed by atoms with Crippen LogP contribution in [0.4, 0.5) is 15.3 Å². The molecule has 3 heterocycles. The molecule has 0 aliphatic rings. The van der Waals surface area contributed by atoms with E-state index < -0.39 is 12.3 Å². The summed E-state index contributed by atoms with van der Waals surface area (Å²) < 4.78 is 23.3. The Hall–Kier alpha value is -3.30. The van der Waals surface area contributed by atoms with Crippen LogP contribution in [-0.2, 0) is 11.2 Å². The van der Waals surface area contributed by atoms with Gasteiger partial charge < -0.3 is 14.8 Å². The zero-order valence-corrected chi connectivity index (χ0v) is 22.4. The summed E-state index contributed by atoms with van der Waals surface area (Å²) in [7, 11) is 1.35. The Morgan fingerprint density at radius 3 is 2.44 bits per heavy atom. The first-order chi connectivity index (χ1) is 17.2. The van der Waals surface area contributed by atoms with Gasteiger partial charge in [0.1, 0.15) is 17.1 Å². The van der Waals surface area contributed by atoms with Crippen LogP contribution in [-0.4, -0.2) is 29.4 Å². The third-order valence-corrected chi connectivity index (χ3v) is 7.30. The number of aryl methyl sites for hydroxylation is 1. The molecule has 1 N–H and O–H groups in total. The fourth-order valence-electron chi connectivity index (χ4n) is 3.67. The van der Waals surface area contributed by atoms with Crippen LogP contribution in [0.25, 0.3) is 21.7 Å². The lowest BCUT2D eigenvalue weighted by Crippen LogP contribution is -2.07. The second-order valence-electron chi connectivity index (χ2n) is 8.72. The van der Waals surface area contributed by atoms with E-state index in [9.17, 15) is 9.18 Å². The van der Waals surface area contributed by atoms with Crippen LogP contribution in [0, 0.1) is 12.8 Å². The third-order valence-electron chi connectivity index (χ3n) is 5.26. The minimum Gasteiger partial charge on any atom is -0.465 e. The van der Waals surface area contributed by atoms with Crippen LogP contribution in [0.3, 0.4) is 0 Å². The molecule has 0 saturated carbocycles. The summed E-state index contributed by atoms with van der Waals surface area (Å²) in [6, 6.07) is 13.1. The predicted octanol–water partition coefficient (Wildman–Crippen LogP) is 7.67. The van der Waals surface area contributed by atoms with Crippen molar-refractivity contribution >= 4 is 39.6 Å². The van der Waals surface area contributed by atoms with E-state index in [0.717, 1.165) is 33.0 Å². The quantitative estimate of drug-likeness (QED) is 0.226. The molecule has 0 spiro atoms. The predicted molar refractivity (Wildman–Crippen MR) is 144 cm³/mol. The van der Waals surface area contributed by atoms with Gasteiger partial charge in [-0.15, -0.1) is 22.7 Å². The second-order valence-corrected chi connectivity index (χ2v) is 11.1. The molecule has 188 valence electrons. The maximum absolute atomic E-state index is 13.2. The summed E-state index contributed by atoms with van der Waals surface area (Å²) in [5, 5.41) is 3.86. The SMILES string of the molecule is COC(=O)c1cc(-c2ccc(C)s2)cnc1Nc1nc(-c2ccc(OC(C)F)cc2)c(CC(C)C)s1. The van der Waals surface area contributed by atoms with Crippen molar-refractivity contribution < 1.29 is 18.7 Å². The van der Waals surface area contributed by atoms with Crippen LogP contribution in [0.1, 0.15) is 40.9 Å². The van der Waals surface area contributed by atoms with Gasteiger partial charge in [0.2, 0.25) is 6.36 Å². The summed E-state index contributed by atoms with van der Waals surface area (Å²) in [6.07, 6.45) is 1.20. The van der Waals surface area contributed by atoms with E-state index in [0.29, 0.717) is 28.2 Å². The fraction of sp³-hybridized carbons (Fsp3) is 0.296. The van der Waals surface area contributed by atoms with Crippen LogP contribution in [0.2, 0.25) is 0 Å². The molecule has 0 saturated heterocycles. The number of aromatic nitrogens is 2. The van der Waals surface area contributed by atoms with Crippen molar-refractivity contribution in [3.63, 3.8) is 0 Å². The first-order valence-corrected chi connectivity index (χ1v) is 13.2. The summed E-state index contributed by atoms with van der Waals surface area (Å²) in [4.78, 5) is 25.3. The number of benzene rings is 1. The van der Waals surface area contributed by atoms with E-state index >= 15 is 0 Å². The Morgan fingerprint density at radius 2 is 1.83 bits per heavy atom. The number of thiazole rings is 1. The van der Waals surface area contributed by atoms with E-state index in [1.807, 2.05) is 31.2 Å². The first kappa shape index (κ1) is 25.8. The van der Waals surface area contributed by atoms with Gasteiger partial charge in [0.15, 0.2) is 5.13 Å². The van der Waals surface area contributed by atoms with Gasteiger partial charge in [-0.3, -0.25) is 0 Å². The highest BCUT2D eigenvalue weighted by Crippen LogP contribution is 2.36. The maximum atomic E-state index is 13.2. The molecule has 9 heteroatoms. The summed E-state index contributed by atoms with van der Waals surface area (Å²) in [5.41, 5.74) is 2.93. The van der Waals surface area contributed by atoms with Gasteiger partial charge in [0.05, 0.1) is 12.8 Å². The minimum atomic E-state index is -1.38. The smallest absolute Gasteiger partial charge is 0.341 e. The lowest BCUT2D eigenvalue weighted by Gasteiger charge is -2.09. The van der Waals surface area contributed by atoms with Gasteiger partial charge in [-0.2, -0.15) is 0 Å². The molecule has 0 amide bonds. The van der Waals surface area contributed by atoms with Gasteiger partial charge in [-0.25, -0.2) is 19.2 Å². The Bertz CT molecular complexity index is 1350. The highest BCUT2D eigenvalue weighted by Gasteiger charge is 2.20. The lowest BCUT2D eigenvalue weighted by atomic mass is 10.0. The highest BCUT2D eigenvalue weighted by molar-refractivity contribution is 7.16. The molecule has 1 aromatic carbocycles. The molecule has 36 heavy (non-hydrogen) atoms. The number of esters is 1. The number of methoxy groups -OCH3 is 1. The van der Waals surface area contributed by atoms with Crippen molar-refractivity contribution in [2.24, 2.45) is 5.92 Å². The second kappa shape index (κ2) is 11.2. The molecule has 1 atom stereocenters. The molecule has 0 fully saturated rings. The van der Waals surface area contributed by atoms with Crippen LogP contribution >= 0.6 is 22.7 Å². The normalized spacial score (nSPS) is 12.0. The van der Waals surface area contributed by atoms with Gasteiger partial charge in [-0.1, -0.05) is 13.8 Å². The molecule has 1 unspecified atom stereocenters. The first-order valence-electron chi connectivity index (χ1n) is 11.6. The molecular formula is C27H28FN3O3S2. The van der Waals surface area contributed by atoms with Gasteiger partial charge in [-0.05, 0) is 61.7 Å². The molecule has 0 aliphatic heterocycles. The number of ether oxygens (including phenoxy) is 2. The number of hydrogen-bond donors (Lipinski definition) is 1. The number of rotatable bonds is 9. The number of alkyl halides is 1. The minimum absolute atomic E-state index is 0.338. The molecule has 0 bridgehead atoms. The van der Waals surface area contributed by atoms with Crippen LogP contribution in [0.15, 0.2) is 48.7 Å². The van der Waals surface area contributed by atoms with Crippen molar-refractivity contribution in [1.82, 2.24) is 9.97 Å². The Balaban J connectivity index is 1.68. The van der Waals surface area contributed by atoms with Crippen LogP contribution < -0.4 is 10.1 Å². The topological polar surface area (TPSA) is 73.3 Å². The Labute approximate surface area is 218 Å². The lowest BCUT2D eigenvalue weighted by molar-refractivity contribution is 0.0601. The standard InChI is InChI=1S/C27H28FN3O3S2/c1-15(2)12-23-24(18-7-9-20(10-8-18)34-17(4)28)30-27(36-23)31-25-21(26(32)33-5)13-19(14-29-25)22-11-6-16(3)35-22/h6-11,13-15,17H,12H2,1-5H3,(H,29,30,31). The summed E-state index contributed by atoms with van der Waals surface area (Å²) >= 11 is 3.16. The summed E-state index contributed by atoms with van der Waals surface area (Å²) in [6.45, 7) is 7.68. The highest BCUT2D eigenvalue weighted by atomic mass is 32.1. The molecule has 4 rings (SSSR count). The number of nitrogens with zero attached hydrogens (tertiary/aromatic N) is 2. The number of carbonyl (C=O) groups is 1. The van der Waals surface area contributed by atoms with E-state index in [1.165, 1.54) is 30.2 Å². The number of hydrogen-bond acceptors (Lipinski definition) is 8. The monoisotopic (exact) mass is 525 g/mol.